The summed E-state index contributed by atoms with van der Waals surface area (Å²) in [5, 5.41) is 0. The molecule has 2 rings (SSSR count). The lowest BCUT2D eigenvalue weighted by atomic mass is 10.1. The molecule has 0 N–H and O–H groups in total. The van der Waals surface area contributed by atoms with E-state index >= 15 is 0 Å². The molecular weight excluding hydrogens is 376 g/mol. The monoisotopic (exact) mass is 416 g/mol. The van der Waals surface area contributed by atoms with E-state index < -0.39 is 17.1 Å². The van der Waals surface area contributed by atoms with Crippen molar-refractivity contribution in [1.82, 2.24) is 0 Å². The summed E-state index contributed by atoms with van der Waals surface area (Å²) in [5.74, 6) is 0. The molecule has 0 aromatic rings. The number of aldehydes is 1. The number of rotatable bonds is 7. The lowest BCUT2D eigenvalue weighted by Crippen LogP contribution is -2.65. The first-order valence-electron chi connectivity index (χ1n) is 10.7. The van der Waals surface area contributed by atoms with E-state index in [0.717, 1.165) is 19.1 Å². The van der Waals surface area contributed by atoms with Crippen molar-refractivity contribution in [2.75, 3.05) is 6.61 Å². The molecule has 2 aliphatic heterocycles. The molecular formula is C20H40O5Si2. The van der Waals surface area contributed by atoms with Crippen LogP contribution in [-0.4, -0.2) is 48.3 Å². The number of carbonyl (C=O) groups is 1. The first-order chi connectivity index (χ1) is 12.6. The third kappa shape index (κ3) is 4.59. The standard InChI is InChI=1S/C20H40O5Si2/c1-14(2)26(15(3)4)22-13-20-19(12-18(23-20)10-9-11-21)24-27(25-26,16(5)6)17(7)8/h11,14-20H,9-10,12-13H2,1-8H3/t18-,19-,20+/m0/s1. The lowest BCUT2D eigenvalue weighted by Gasteiger charge is -2.51. The molecule has 2 saturated heterocycles. The van der Waals surface area contributed by atoms with Crippen molar-refractivity contribution in [2.45, 2.75) is 115 Å². The maximum atomic E-state index is 10.8. The van der Waals surface area contributed by atoms with Crippen molar-refractivity contribution in [3.8, 4) is 0 Å². The Morgan fingerprint density at radius 1 is 0.889 bits per heavy atom. The average Bonchev–Trinajstić information content (AvgIpc) is 2.93. The zero-order valence-electron chi connectivity index (χ0n) is 18.5. The number of hydrogen-bond donors (Lipinski definition) is 0. The first-order valence-corrected chi connectivity index (χ1v) is 14.6. The number of fused-ring (bicyclic) bond motifs is 1. The Morgan fingerprint density at radius 3 is 1.93 bits per heavy atom. The second kappa shape index (κ2) is 9.18. The largest absolute Gasteiger partial charge is 0.414 e. The maximum Gasteiger partial charge on any atom is 0.335 e. The maximum absolute atomic E-state index is 10.8. The highest BCUT2D eigenvalue weighted by Gasteiger charge is 2.59. The molecule has 0 aromatic heterocycles. The van der Waals surface area contributed by atoms with E-state index in [2.05, 4.69) is 55.4 Å². The molecule has 0 radical (unpaired) electrons. The molecule has 7 heteroatoms. The molecule has 0 amide bonds. The second-order valence-corrected chi connectivity index (χ2v) is 18.3. The van der Waals surface area contributed by atoms with Gasteiger partial charge in [0.2, 0.25) is 0 Å². The van der Waals surface area contributed by atoms with Gasteiger partial charge in [-0.1, -0.05) is 55.4 Å². The van der Waals surface area contributed by atoms with Crippen LogP contribution in [0.3, 0.4) is 0 Å². The van der Waals surface area contributed by atoms with Crippen LogP contribution in [0.2, 0.25) is 22.2 Å². The van der Waals surface area contributed by atoms with Crippen molar-refractivity contribution in [1.29, 1.82) is 0 Å². The van der Waals surface area contributed by atoms with Gasteiger partial charge in [0.05, 0.1) is 18.8 Å². The zero-order valence-corrected chi connectivity index (χ0v) is 20.5. The molecule has 2 heterocycles. The van der Waals surface area contributed by atoms with E-state index in [-0.39, 0.29) is 18.3 Å². The highest BCUT2D eigenvalue weighted by atomic mass is 28.5. The quantitative estimate of drug-likeness (QED) is 0.428. The fourth-order valence-corrected chi connectivity index (χ4v) is 15.9. The van der Waals surface area contributed by atoms with Crippen LogP contribution in [0.5, 0.6) is 0 Å². The summed E-state index contributed by atoms with van der Waals surface area (Å²) in [6, 6.07) is 0. The van der Waals surface area contributed by atoms with Crippen LogP contribution in [0.4, 0.5) is 0 Å². The van der Waals surface area contributed by atoms with Crippen molar-refractivity contribution >= 4 is 23.4 Å². The molecule has 2 fully saturated rings. The molecule has 0 aliphatic carbocycles. The van der Waals surface area contributed by atoms with Gasteiger partial charge in [-0.25, -0.2) is 0 Å². The molecule has 0 bridgehead atoms. The highest BCUT2D eigenvalue weighted by Crippen LogP contribution is 2.47. The fourth-order valence-electron chi connectivity index (χ4n) is 4.67. The Bertz CT molecular complexity index is 479. The van der Waals surface area contributed by atoms with Crippen LogP contribution < -0.4 is 0 Å². The molecule has 0 unspecified atom stereocenters. The van der Waals surface area contributed by atoms with Gasteiger partial charge in [-0.05, 0) is 28.6 Å². The van der Waals surface area contributed by atoms with Gasteiger partial charge < -0.3 is 22.5 Å². The Labute approximate surface area is 168 Å². The summed E-state index contributed by atoms with van der Waals surface area (Å²) >= 11 is 0. The predicted molar refractivity (Wildman–Crippen MR) is 112 cm³/mol. The van der Waals surface area contributed by atoms with Gasteiger partial charge in [0.25, 0.3) is 0 Å². The van der Waals surface area contributed by atoms with Gasteiger partial charge >= 0.3 is 17.1 Å². The van der Waals surface area contributed by atoms with Crippen molar-refractivity contribution < 1.29 is 22.5 Å². The summed E-state index contributed by atoms with van der Waals surface area (Å²) in [6.45, 7) is 18.4. The molecule has 0 spiro atoms. The SMILES string of the molecule is CC(C)[Si]1(C(C)C)OC[C@H]2O[C@@H](CCC=O)C[C@@H]2O[Si](C(C)C)(C(C)C)O1. The van der Waals surface area contributed by atoms with Gasteiger partial charge in [0, 0.05) is 12.8 Å². The van der Waals surface area contributed by atoms with Crippen LogP contribution in [0.1, 0.15) is 74.7 Å². The van der Waals surface area contributed by atoms with Gasteiger partial charge in [-0.2, -0.15) is 0 Å². The van der Waals surface area contributed by atoms with Crippen LogP contribution in [-0.2, 0) is 22.5 Å². The first kappa shape index (κ1) is 23.2. The second-order valence-electron chi connectivity index (χ2n) is 9.41. The number of ether oxygens (including phenoxy) is 1. The highest BCUT2D eigenvalue weighted by molar-refractivity contribution is 6.83. The smallest absolute Gasteiger partial charge is 0.335 e. The minimum absolute atomic E-state index is 0.00411. The third-order valence-electron chi connectivity index (χ3n) is 6.23. The van der Waals surface area contributed by atoms with E-state index in [4.69, 9.17) is 17.7 Å². The van der Waals surface area contributed by atoms with Crippen LogP contribution in [0.25, 0.3) is 0 Å². The molecule has 5 nitrogen and oxygen atoms in total. The predicted octanol–water partition coefficient (Wildman–Crippen LogP) is 5.08. The van der Waals surface area contributed by atoms with E-state index in [1.807, 2.05) is 0 Å². The third-order valence-corrected chi connectivity index (χ3v) is 16.5. The Hall–Kier alpha value is -0.0562. The van der Waals surface area contributed by atoms with Crippen molar-refractivity contribution in [2.24, 2.45) is 0 Å². The summed E-state index contributed by atoms with van der Waals surface area (Å²) in [6.07, 6.45) is 3.12. The van der Waals surface area contributed by atoms with Crippen LogP contribution >= 0.6 is 0 Å². The summed E-state index contributed by atoms with van der Waals surface area (Å²) in [5.41, 5.74) is 1.35. The minimum Gasteiger partial charge on any atom is -0.414 e. The zero-order chi connectivity index (χ0) is 20.4. The molecule has 27 heavy (non-hydrogen) atoms. The van der Waals surface area contributed by atoms with Gasteiger partial charge in [0.15, 0.2) is 0 Å². The Balaban J connectivity index is 2.41. The molecule has 0 aromatic carbocycles. The number of hydrogen-bond acceptors (Lipinski definition) is 5. The minimum atomic E-state index is -2.54. The van der Waals surface area contributed by atoms with Gasteiger partial charge in [-0.15, -0.1) is 0 Å². The topological polar surface area (TPSA) is 54.0 Å². The summed E-state index contributed by atoms with van der Waals surface area (Å²) in [4.78, 5) is 10.8. The lowest BCUT2D eigenvalue weighted by molar-refractivity contribution is -0.108. The summed E-state index contributed by atoms with van der Waals surface area (Å²) < 4.78 is 27.1. The molecule has 3 atom stereocenters. The van der Waals surface area contributed by atoms with Crippen LogP contribution in [0.15, 0.2) is 0 Å². The van der Waals surface area contributed by atoms with Crippen molar-refractivity contribution in [3.05, 3.63) is 0 Å². The average molecular weight is 417 g/mol. The van der Waals surface area contributed by atoms with E-state index in [9.17, 15) is 4.79 Å². The number of carbonyl (C=O) groups excluding carboxylic acids is 1. The van der Waals surface area contributed by atoms with E-state index in [1.54, 1.807) is 0 Å². The molecule has 2 aliphatic rings. The summed E-state index contributed by atoms with van der Waals surface area (Å²) in [7, 11) is -5.03. The normalized spacial score (nSPS) is 30.6. The van der Waals surface area contributed by atoms with Gasteiger partial charge in [0.1, 0.15) is 12.4 Å². The van der Waals surface area contributed by atoms with Crippen LogP contribution in [0, 0.1) is 0 Å². The van der Waals surface area contributed by atoms with Gasteiger partial charge in [-0.3, -0.25) is 0 Å². The fraction of sp³-hybridized carbons (Fsp3) is 0.950. The van der Waals surface area contributed by atoms with E-state index in [0.29, 0.717) is 35.2 Å². The Kier molecular flexibility index (Phi) is 7.89. The molecule has 158 valence electrons. The van der Waals surface area contributed by atoms with Crippen molar-refractivity contribution in [3.63, 3.8) is 0 Å². The Morgan fingerprint density at radius 2 is 1.44 bits per heavy atom. The molecule has 0 saturated carbocycles. The van der Waals surface area contributed by atoms with E-state index in [1.165, 1.54) is 0 Å².